The Bertz CT molecular complexity index is 2300. The Morgan fingerprint density at radius 2 is 1.19 bits per heavy atom. The quantitative estimate of drug-likeness (QED) is 0.108. The van der Waals surface area contributed by atoms with Crippen LogP contribution in [-0.2, 0) is 23.8 Å². The first-order valence-corrected chi connectivity index (χ1v) is 22.7. The molecule has 16 heteroatoms. The lowest BCUT2D eigenvalue weighted by atomic mass is 9.85. The van der Waals surface area contributed by atoms with E-state index in [-0.39, 0.29) is 40.5 Å². The third kappa shape index (κ3) is 8.01. The molecular weight excluding hydrogens is 807 g/mol. The zero-order chi connectivity index (χ0) is 43.9. The molecule has 330 valence electrons. The number of amides is 4. The zero-order valence-corrected chi connectivity index (χ0v) is 37.6. The molecule has 0 bridgehead atoms. The summed E-state index contributed by atoms with van der Waals surface area (Å²) >= 11 is 1.93. The van der Waals surface area contributed by atoms with Gasteiger partial charge in [0, 0.05) is 31.3 Å². The molecule has 1 aliphatic carbocycles. The number of carbonyl (C=O) groups excluding carboxylic acids is 4. The third-order valence-electron chi connectivity index (χ3n) is 13.1. The van der Waals surface area contributed by atoms with E-state index in [4.69, 9.17) is 19.4 Å². The normalized spacial score (nSPS) is 20.2. The zero-order valence-electron chi connectivity index (χ0n) is 36.7. The lowest BCUT2D eigenvalue weighted by molar-refractivity contribution is -0.136. The van der Waals surface area contributed by atoms with Gasteiger partial charge >= 0.3 is 12.2 Å². The molecule has 2 aromatic carbocycles. The summed E-state index contributed by atoms with van der Waals surface area (Å²) < 4.78 is 11.9. The molecule has 62 heavy (non-hydrogen) atoms. The number of benzene rings is 2. The summed E-state index contributed by atoms with van der Waals surface area (Å²) in [4.78, 5) is 72.2. The van der Waals surface area contributed by atoms with E-state index in [9.17, 15) is 19.2 Å². The number of rotatable bonds is 11. The molecule has 5 heterocycles. The molecule has 2 saturated heterocycles. The van der Waals surface area contributed by atoms with Crippen LogP contribution in [0.2, 0.25) is 0 Å². The number of aromatic nitrogens is 4. The van der Waals surface area contributed by atoms with Gasteiger partial charge < -0.3 is 44.2 Å². The molecule has 8 rings (SSSR count). The van der Waals surface area contributed by atoms with Gasteiger partial charge in [-0.3, -0.25) is 9.59 Å². The molecule has 15 nitrogen and oxygen atoms in total. The highest BCUT2D eigenvalue weighted by atomic mass is 32.2. The summed E-state index contributed by atoms with van der Waals surface area (Å²) in [6.07, 6.45) is 10.3. The fourth-order valence-electron chi connectivity index (χ4n) is 9.99. The molecule has 4 amide bonds. The van der Waals surface area contributed by atoms with Crippen LogP contribution in [0.15, 0.2) is 48.8 Å². The number of imidazole rings is 2. The molecule has 3 aliphatic heterocycles. The van der Waals surface area contributed by atoms with E-state index in [0.717, 1.165) is 78.3 Å². The standard InChI is InChI=1S/C46H59N9O6S/c1-26(2)37(51-44(58)60-6)42(56)54-22-10-12-34(54)40-47-24-32(49-40)29-16-14-28(15-17-29)30-18-19-31(39-36(30)46(62-53(39)5)20-8-9-21-46)33-25-48-41(50-33)35-13-11-23-55(35)43(57)38(27(3)4)52-45(59)61-7/h14-19,24-27,34-35,37-38H,8-13,20-23H2,1-7H3,(H,47,49)(H,48,50)(H,51,58)(H,52,59)/t34-,35-,37-,38-/m0/s1. The van der Waals surface area contributed by atoms with Crippen LogP contribution in [0.4, 0.5) is 15.3 Å². The number of ether oxygens (including phenoxy) is 2. The number of methoxy groups -OCH3 is 2. The molecule has 0 radical (unpaired) electrons. The van der Waals surface area contributed by atoms with Crippen molar-refractivity contribution in [2.45, 2.75) is 108 Å². The average Bonchev–Trinajstić information content (AvgIpc) is 4.13. The van der Waals surface area contributed by atoms with Crippen LogP contribution in [0.25, 0.3) is 33.6 Å². The van der Waals surface area contributed by atoms with Crippen LogP contribution in [0.3, 0.4) is 0 Å². The Morgan fingerprint density at radius 1 is 0.710 bits per heavy atom. The van der Waals surface area contributed by atoms with Gasteiger partial charge in [-0.1, -0.05) is 76.9 Å². The van der Waals surface area contributed by atoms with Gasteiger partial charge in [0.15, 0.2) is 0 Å². The van der Waals surface area contributed by atoms with Crippen molar-refractivity contribution in [1.29, 1.82) is 0 Å². The fraction of sp³-hybridized carbons (Fsp3) is 0.522. The molecule has 2 aromatic heterocycles. The van der Waals surface area contributed by atoms with E-state index in [1.165, 1.54) is 43.9 Å². The first-order chi connectivity index (χ1) is 29.8. The maximum atomic E-state index is 13.8. The summed E-state index contributed by atoms with van der Waals surface area (Å²) in [5.74, 6) is 0.986. The Hall–Kier alpha value is -5.51. The number of anilines is 1. The van der Waals surface area contributed by atoms with Crippen LogP contribution in [0.1, 0.15) is 108 Å². The SMILES string of the molecule is COC(=O)N[C@H](C(=O)N1CCC[C@H]1c1ncc(-c2ccc(-c3ccc(-c4cnc([C@@H]5CCCN5C(=O)[C@@H](NC(=O)OC)C(C)C)[nH]4)c4c3C3(CCCC3)SN4C)cc2)[nH]1)C(C)C. The largest absolute Gasteiger partial charge is 0.453 e. The lowest BCUT2D eigenvalue weighted by Crippen LogP contribution is -2.51. The van der Waals surface area contributed by atoms with E-state index in [2.05, 4.69) is 68.4 Å². The Labute approximate surface area is 367 Å². The van der Waals surface area contributed by atoms with E-state index < -0.39 is 24.3 Å². The second kappa shape index (κ2) is 17.7. The monoisotopic (exact) mass is 865 g/mol. The minimum Gasteiger partial charge on any atom is -0.453 e. The molecule has 4 aliphatic rings. The topological polar surface area (TPSA) is 178 Å². The van der Waals surface area contributed by atoms with Crippen molar-refractivity contribution in [3.05, 3.63) is 66.0 Å². The molecule has 4 atom stereocenters. The number of aromatic amines is 2. The molecule has 3 fully saturated rings. The van der Waals surface area contributed by atoms with Gasteiger partial charge in [0.2, 0.25) is 11.8 Å². The summed E-state index contributed by atoms with van der Waals surface area (Å²) in [5, 5.41) is 5.46. The number of hydrogen-bond donors (Lipinski definition) is 4. The van der Waals surface area contributed by atoms with Crippen LogP contribution in [0.5, 0.6) is 0 Å². The third-order valence-corrected chi connectivity index (χ3v) is 14.6. The van der Waals surface area contributed by atoms with Crippen molar-refractivity contribution < 1.29 is 28.7 Å². The van der Waals surface area contributed by atoms with Crippen molar-refractivity contribution in [2.24, 2.45) is 11.8 Å². The second-order valence-electron chi connectivity index (χ2n) is 17.7. The molecule has 4 aromatic rings. The first kappa shape index (κ1) is 43.2. The highest BCUT2D eigenvalue weighted by Crippen LogP contribution is 2.63. The number of carbonyl (C=O) groups is 4. The maximum Gasteiger partial charge on any atom is 0.407 e. The van der Waals surface area contributed by atoms with Gasteiger partial charge in [-0.15, -0.1) is 0 Å². The summed E-state index contributed by atoms with van der Waals surface area (Å²) in [7, 11) is 4.76. The average molecular weight is 866 g/mol. The summed E-state index contributed by atoms with van der Waals surface area (Å²) in [5.41, 5.74) is 8.74. The molecule has 4 N–H and O–H groups in total. The first-order valence-electron chi connectivity index (χ1n) is 21.9. The Kier molecular flexibility index (Phi) is 12.3. The van der Waals surface area contributed by atoms with Gasteiger partial charge in [0.1, 0.15) is 23.7 Å². The minimum atomic E-state index is -0.699. The number of H-pyrrole nitrogens is 2. The number of alkyl carbamates (subject to hydrolysis) is 2. The lowest BCUT2D eigenvalue weighted by Gasteiger charge is -2.30. The number of likely N-dealkylation sites (tertiary alicyclic amines) is 2. The maximum absolute atomic E-state index is 13.8. The molecule has 1 spiro atoms. The van der Waals surface area contributed by atoms with Gasteiger partial charge in [-0.25, -0.2) is 19.6 Å². The van der Waals surface area contributed by atoms with E-state index in [0.29, 0.717) is 13.1 Å². The summed E-state index contributed by atoms with van der Waals surface area (Å²) in [6, 6.07) is 11.2. The van der Waals surface area contributed by atoms with Crippen LogP contribution < -0.4 is 14.9 Å². The van der Waals surface area contributed by atoms with Crippen molar-refractivity contribution >= 4 is 41.6 Å². The van der Waals surface area contributed by atoms with E-state index in [1.54, 1.807) is 0 Å². The number of fused-ring (bicyclic) bond motifs is 2. The van der Waals surface area contributed by atoms with Crippen molar-refractivity contribution in [3.63, 3.8) is 0 Å². The number of nitrogens with one attached hydrogen (secondary N) is 4. The smallest absolute Gasteiger partial charge is 0.407 e. The van der Waals surface area contributed by atoms with Gasteiger partial charge in [-0.2, -0.15) is 0 Å². The molecular formula is C46H59N9O6S. The highest BCUT2D eigenvalue weighted by Gasteiger charge is 2.48. The van der Waals surface area contributed by atoms with E-state index in [1.807, 2.05) is 61.8 Å². The summed E-state index contributed by atoms with van der Waals surface area (Å²) in [6.45, 7) is 8.85. The van der Waals surface area contributed by atoms with Crippen LogP contribution in [-0.4, -0.2) is 100 Å². The Balaban J connectivity index is 1.06. The van der Waals surface area contributed by atoms with Gasteiger partial charge in [0.05, 0.1) is 60.5 Å². The Morgan fingerprint density at radius 3 is 1.71 bits per heavy atom. The van der Waals surface area contributed by atoms with Crippen LogP contribution in [0, 0.1) is 11.8 Å². The molecule has 1 saturated carbocycles. The highest BCUT2D eigenvalue weighted by molar-refractivity contribution is 8.02. The number of nitrogens with zero attached hydrogens (tertiary/aromatic N) is 5. The minimum absolute atomic E-state index is 0.0338. The van der Waals surface area contributed by atoms with Crippen molar-refractivity contribution in [1.82, 2.24) is 40.4 Å². The molecule has 0 unspecified atom stereocenters. The van der Waals surface area contributed by atoms with Crippen molar-refractivity contribution in [3.8, 4) is 33.6 Å². The fourth-order valence-corrected chi connectivity index (χ4v) is 11.6. The van der Waals surface area contributed by atoms with E-state index >= 15 is 0 Å². The predicted octanol–water partition coefficient (Wildman–Crippen LogP) is 8.09. The van der Waals surface area contributed by atoms with Crippen LogP contribution >= 0.6 is 11.9 Å². The van der Waals surface area contributed by atoms with Gasteiger partial charge in [-0.05, 0) is 79.0 Å². The van der Waals surface area contributed by atoms with Gasteiger partial charge in [0.25, 0.3) is 0 Å². The number of hydrogen-bond acceptors (Lipinski definition) is 10. The predicted molar refractivity (Wildman–Crippen MR) is 239 cm³/mol. The second-order valence-corrected chi connectivity index (χ2v) is 19.2. The van der Waals surface area contributed by atoms with Crippen molar-refractivity contribution in [2.75, 3.05) is 38.7 Å².